The molecule has 10 heavy (non-hydrogen) atoms. The third-order valence-electron chi connectivity index (χ3n) is 0.367. The maximum absolute atomic E-state index is 8.39. The van der Waals surface area contributed by atoms with Gasteiger partial charge in [0.1, 0.15) is 0 Å². The number of hydrogen-bond donors (Lipinski definition) is 4. The fourth-order valence-electron chi connectivity index (χ4n) is 0. The van der Waals surface area contributed by atoms with Gasteiger partial charge >= 0.3 is 0 Å². The van der Waals surface area contributed by atoms with E-state index in [0.717, 1.165) is 0 Å². The zero-order valence-corrected chi connectivity index (χ0v) is 8.20. The lowest BCUT2D eigenvalue weighted by molar-refractivity contribution is 0.306. The fourth-order valence-corrected chi connectivity index (χ4v) is 0. The van der Waals surface area contributed by atoms with Gasteiger partial charge in [0.15, 0.2) is 0 Å². The lowest BCUT2D eigenvalue weighted by atomic mass is 10.8. The zero-order chi connectivity index (χ0) is 8.62. The van der Waals surface area contributed by atoms with E-state index in [2.05, 4.69) is 28.6 Å². The van der Waals surface area contributed by atoms with Crippen molar-refractivity contribution in [3.63, 3.8) is 0 Å². The van der Waals surface area contributed by atoms with Crippen molar-refractivity contribution in [3.8, 4) is 0 Å². The van der Waals surface area contributed by atoms with Crippen molar-refractivity contribution in [2.45, 2.75) is 0 Å². The van der Waals surface area contributed by atoms with E-state index in [4.69, 9.17) is 15.7 Å². The van der Waals surface area contributed by atoms with Crippen LogP contribution in [-0.4, -0.2) is 30.3 Å². The molecule has 0 bridgehead atoms. The van der Waals surface area contributed by atoms with E-state index in [9.17, 15) is 0 Å². The Morgan fingerprint density at radius 2 is 2.00 bits per heavy atom. The number of aliphatic hydroxyl groups is 1. The maximum atomic E-state index is 8.39. The summed E-state index contributed by atoms with van der Waals surface area (Å²) >= 11 is 7.81. The maximum Gasteiger partial charge on any atom is 0.241 e. The molecule has 0 saturated heterocycles. The molecule has 0 saturated carbocycles. The number of nitrogens with two attached hydrogens (primary N) is 1. The number of rotatable bonds is 2. The smallest absolute Gasteiger partial charge is 0.241 e. The van der Waals surface area contributed by atoms with Gasteiger partial charge in [-0.1, -0.05) is 12.2 Å². The van der Waals surface area contributed by atoms with E-state index >= 15 is 0 Å². The van der Waals surface area contributed by atoms with Crippen LogP contribution < -0.4 is 5.73 Å². The summed E-state index contributed by atoms with van der Waals surface area (Å²) in [6.45, 7) is 0.472. The Morgan fingerprint density at radius 3 is 2.00 bits per heavy atom. The summed E-state index contributed by atoms with van der Waals surface area (Å²) in [5, 5.41) is 7.75. The summed E-state index contributed by atoms with van der Waals surface area (Å²) in [5.74, 6) is 0. The van der Waals surface area contributed by atoms with Crippen LogP contribution in [0.25, 0.3) is 0 Å². The molecule has 0 rings (SSSR count). The van der Waals surface area contributed by atoms with Crippen LogP contribution in [0.5, 0.6) is 0 Å². The van der Waals surface area contributed by atoms with Gasteiger partial charge < -0.3 is 20.3 Å². The highest BCUT2D eigenvalue weighted by atomic mass is 32.9. The molecule has 4 N–H and O–H groups in total. The van der Waals surface area contributed by atoms with Gasteiger partial charge in [0.05, 0.1) is 6.61 Å². The highest BCUT2D eigenvalue weighted by Gasteiger charge is 1.97. The minimum Gasteiger partial charge on any atom is -0.395 e. The third kappa shape index (κ3) is 23.2. The Kier molecular flexibility index (Phi) is 10.7. The summed E-state index contributed by atoms with van der Waals surface area (Å²) in [6, 6.07) is 0. The standard InChI is InChI=1S/C2H7NO.CH5O2PS2/c3-1-2-4;1-3-4(2,5)6/h4H,1-3H2;1H3,(H2,2,5,6). The topological polar surface area (TPSA) is 75.7 Å². The van der Waals surface area contributed by atoms with Crippen LogP contribution in [0.4, 0.5) is 0 Å². The first kappa shape index (κ1) is 13.4. The Hall–Kier alpha value is 0.840. The molecule has 0 aliphatic heterocycles. The quantitative estimate of drug-likeness (QED) is 0.368. The van der Waals surface area contributed by atoms with Crippen LogP contribution in [0.2, 0.25) is 0 Å². The SMILES string of the molecule is COP(O)(=S)S.NCCO. The molecule has 7 heteroatoms. The van der Waals surface area contributed by atoms with Crippen LogP contribution >= 0.6 is 17.9 Å². The molecular formula is C3H12NO3PS2. The van der Waals surface area contributed by atoms with Gasteiger partial charge in [-0.25, -0.2) is 0 Å². The molecule has 0 aromatic carbocycles. The average Bonchev–Trinajstić information content (AvgIpc) is 1.87. The highest BCUT2D eigenvalue weighted by Crippen LogP contribution is 2.45. The predicted molar refractivity (Wildman–Crippen MR) is 48.6 cm³/mol. The molecule has 1 unspecified atom stereocenters. The second-order valence-electron chi connectivity index (χ2n) is 1.19. The lowest BCUT2D eigenvalue weighted by Crippen LogP contribution is -2.02. The van der Waals surface area contributed by atoms with Gasteiger partial charge in [-0.05, 0) is 11.8 Å². The summed E-state index contributed by atoms with van der Waals surface area (Å²) in [5.41, 5.74) is 2.16. The van der Waals surface area contributed by atoms with E-state index < -0.39 is 5.69 Å². The Labute approximate surface area is 70.7 Å². The first-order valence-electron chi connectivity index (χ1n) is 2.40. The Morgan fingerprint density at radius 1 is 1.80 bits per heavy atom. The molecular weight excluding hydrogens is 193 g/mol. The van der Waals surface area contributed by atoms with Crippen molar-refractivity contribution < 1.29 is 14.5 Å². The second-order valence-corrected chi connectivity index (χ2v) is 6.45. The Bertz CT molecular complexity index is 104. The molecule has 0 spiro atoms. The largest absolute Gasteiger partial charge is 0.395 e. The van der Waals surface area contributed by atoms with E-state index in [1.807, 2.05) is 0 Å². The number of hydrogen-bond acceptors (Lipinski definition) is 4. The summed E-state index contributed by atoms with van der Waals surface area (Å²) in [6.07, 6.45) is 0. The molecule has 0 aliphatic carbocycles. The second kappa shape index (κ2) is 7.94. The zero-order valence-electron chi connectivity index (χ0n) is 5.60. The van der Waals surface area contributed by atoms with Crippen LogP contribution in [0.1, 0.15) is 0 Å². The Balaban J connectivity index is 0. The molecule has 4 nitrogen and oxygen atoms in total. The first-order chi connectivity index (χ1) is 4.47. The molecule has 1 atom stereocenters. The van der Waals surface area contributed by atoms with Crippen LogP contribution in [0.15, 0.2) is 0 Å². The van der Waals surface area contributed by atoms with Crippen LogP contribution in [-0.2, 0) is 16.3 Å². The van der Waals surface area contributed by atoms with Gasteiger partial charge in [0.25, 0.3) is 0 Å². The van der Waals surface area contributed by atoms with Crippen molar-refractivity contribution in [3.05, 3.63) is 0 Å². The molecule has 0 fully saturated rings. The highest BCUT2D eigenvalue weighted by molar-refractivity contribution is 8.59. The summed E-state index contributed by atoms with van der Waals surface area (Å²) < 4.78 is 4.28. The van der Waals surface area contributed by atoms with Gasteiger partial charge in [0.2, 0.25) is 5.69 Å². The number of aliphatic hydroxyl groups excluding tert-OH is 1. The van der Waals surface area contributed by atoms with Crippen molar-refractivity contribution in [1.29, 1.82) is 0 Å². The lowest BCUT2D eigenvalue weighted by Gasteiger charge is -1.99. The fraction of sp³-hybridized carbons (Fsp3) is 1.00. The minimum atomic E-state index is -2.62. The summed E-state index contributed by atoms with van der Waals surface area (Å²) in [7, 11) is 1.33. The minimum absolute atomic E-state index is 0.0972. The average molecular weight is 205 g/mol. The molecule has 0 radical (unpaired) electrons. The van der Waals surface area contributed by atoms with E-state index in [-0.39, 0.29) is 6.61 Å². The first-order valence-corrected chi connectivity index (χ1v) is 6.22. The van der Waals surface area contributed by atoms with Gasteiger partial charge in [0, 0.05) is 13.7 Å². The normalized spacial score (nSPS) is 14.9. The van der Waals surface area contributed by atoms with E-state index in [1.54, 1.807) is 0 Å². The van der Waals surface area contributed by atoms with Gasteiger partial charge in [-0.2, -0.15) is 0 Å². The van der Waals surface area contributed by atoms with Crippen molar-refractivity contribution >= 4 is 29.7 Å². The monoisotopic (exact) mass is 205 g/mol. The third-order valence-corrected chi connectivity index (χ3v) is 1.78. The van der Waals surface area contributed by atoms with Gasteiger partial charge in [-0.3, -0.25) is 0 Å². The molecule has 64 valence electrons. The van der Waals surface area contributed by atoms with E-state index in [0.29, 0.717) is 6.54 Å². The summed E-state index contributed by atoms with van der Waals surface area (Å²) in [4.78, 5) is 8.39. The van der Waals surface area contributed by atoms with Crippen molar-refractivity contribution in [2.75, 3.05) is 20.3 Å². The van der Waals surface area contributed by atoms with Crippen molar-refractivity contribution in [2.24, 2.45) is 5.73 Å². The molecule has 0 heterocycles. The molecule has 0 amide bonds. The molecule has 0 aromatic heterocycles. The van der Waals surface area contributed by atoms with Crippen LogP contribution in [0.3, 0.4) is 0 Å². The van der Waals surface area contributed by atoms with Gasteiger partial charge in [-0.15, -0.1) is 0 Å². The molecule has 0 aliphatic rings. The molecule has 0 aromatic rings. The van der Waals surface area contributed by atoms with E-state index in [1.165, 1.54) is 7.11 Å². The van der Waals surface area contributed by atoms with Crippen molar-refractivity contribution in [1.82, 2.24) is 0 Å². The number of thiol groups is 1. The predicted octanol–water partition coefficient (Wildman–Crippen LogP) is -0.283. The van der Waals surface area contributed by atoms with Crippen LogP contribution in [0, 0.1) is 0 Å².